The summed E-state index contributed by atoms with van der Waals surface area (Å²) in [6, 6.07) is 14.4. The number of fused-ring (bicyclic) bond motifs is 3. The lowest BCUT2D eigenvalue weighted by Crippen LogP contribution is -1.75. The van der Waals surface area contributed by atoms with Crippen LogP contribution in [0.4, 0.5) is 0 Å². The minimum atomic E-state index is 0.704. The first-order valence-corrected chi connectivity index (χ1v) is 4.79. The van der Waals surface area contributed by atoms with Crippen molar-refractivity contribution in [3.63, 3.8) is 0 Å². The van der Waals surface area contributed by atoms with Crippen molar-refractivity contribution in [2.75, 3.05) is 0 Å². The van der Waals surface area contributed by atoms with E-state index in [-0.39, 0.29) is 0 Å². The minimum Gasteiger partial charge on any atom is -0.359 e. The van der Waals surface area contributed by atoms with E-state index in [4.69, 9.17) is 5.26 Å². The van der Waals surface area contributed by atoms with Crippen LogP contribution in [0.15, 0.2) is 42.6 Å². The Balaban J connectivity index is 2.57. The molecule has 1 aromatic heterocycles. The quantitative estimate of drug-likeness (QED) is 0.583. The van der Waals surface area contributed by atoms with Crippen LogP contribution < -0.4 is 0 Å². The van der Waals surface area contributed by atoms with Crippen molar-refractivity contribution in [3.8, 4) is 6.07 Å². The van der Waals surface area contributed by atoms with Gasteiger partial charge in [-0.15, -0.1) is 0 Å². The molecule has 0 spiro atoms. The van der Waals surface area contributed by atoms with E-state index in [0.717, 1.165) is 16.3 Å². The largest absolute Gasteiger partial charge is 0.359 e. The highest BCUT2D eigenvalue weighted by Gasteiger charge is 2.05. The van der Waals surface area contributed by atoms with Crippen LogP contribution in [-0.4, -0.2) is 4.98 Å². The average Bonchev–Trinajstić information content (AvgIpc) is 2.72. The molecule has 0 aliphatic rings. The van der Waals surface area contributed by atoms with Gasteiger partial charge in [0.15, 0.2) is 0 Å². The normalized spacial score (nSPS) is 10.6. The Labute approximate surface area is 86.8 Å². The van der Waals surface area contributed by atoms with Crippen LogP contribution in [0.3, 0.4) is 0 Å². The Kier molecular flexibility index (Phi) is 1.54. The minimum absolute atomic E-state index is 0.704. The number of hydrogen-bond donors (Lipinski definition) is 1. The van der Waals surface area contributed by atoms with Gasteiger partial charge in [0.1, 0.15) is 6.07 Å². The summed E-state index contributed by atoms with van der Waals surface area (Å²) < 4.78 is 0. The molecule has 1 N–H and O–H groups in total. The summed E-state index contributed by atoms with van der Waals surface area (Å²) in [5.41, 5.74) is 1.75. The van der Waals surface area contributed by atoms with Crippen molar-refractivity contribution in [2.45, 2.75) is 0 Å². The van der Waals surface area contributed by atoms with Gasteiger partial charge in [-0.2, -0.15) is 5.26 Å². The number of hydrogen-bond acceptors (Lipinski definition) is 1. The second kappa shape index (κ2) is 2.86. The first kappa shape index (κ1) is 8.07. The summed E-state index contributed by atoms with van der Waals surface area (Å²) in [5, 5.41) is 12.3. The molecule has 0 saturated heterocycles. The first-order valence-electron chi connectivity index (χ1n) is 4.79. The Morgan fingerprint density at radius 3 is 2.73 bits per heavy atom. The third-order valence-corrected chi connectivity index (χ3v) is 2.70. The van der Waals surface area contributed by atoms with E-state index in [1.54, 1.807) is 6.20 Å². The van der Waals surface area contributed by atoms with Gasteiger partial charge in [-0.3, -0.25) is 0 Å². The maximum Gasteiger partial charge on any atom is 0.101 e. The molecule has 2 heteroatoms. The van der Waals surface area contributed by atoms with Crippen molar-refractivity contribution in [2.24, 2.45) is 0 Å². The Morgan fingerprint density at radius 1 is 1.00 bits per heavy atom. The van der Waals surface area contributed by atoms with E-state index in [1.165, 1.54) is 5.39 Å². The summed E-state index contributed by atoms with van der Waals surface area (Å²) in [7, 11) is 0. The van der Waals surface area contributed by atoms with Gasteiger partial charge in [0, 0.05) is 17.0 Å². The van der Waals surface area contributed by atoms with Crippen LogP contribution in [0.5, 0.6) is 0 Å². The topological polar surface area (TPSA) is 39.6 Å². The zero-order chi connectivity index (χ0) is 10.3. The number of aromatic amines is 1. The van der Waals surface area contributed by atoms with Crippen LogP contribution in [0.25, 0.3) is 21.7 Å². The van der Waals surface area contributed by atoms with Gasteiger partial charge in [-0.05, 0) is 5.39 Å². The molecule has 0 bridgehead atoms. The highest BCUT2D eigenvalue weighted by atomic mass is 14.7. The van der Waals surface area contributed by atoms with Crippen LogP contribution in [0.1, 0.15) is 5.56 Å². The Morgan fingerprint density at radius 2 is 1.87 bits per heavy atom. The standard InChI is InChI=1S/C13H8N2/c14-7-10-8-15-13-11-4-2-1-3-9(11)5-6-12(10)13/h1-6,8,15H. The van der Waals surface area contributed by atoms with Crippen LogP contribution in [-0.2, 0) is 0 Å². The summed E-state index contributed by atoms with van der Waals surface area (Å²) in [6.45, 7) is 0. The molecule has 0 aliphatic heterocycles. The predicted octanol–water partition coefficient (Wildman–Crippen LogP) is 3.19. The van der Waals surface area contributed by atoms with E-state index in [2.05, 4.69) is 23.2 Å². The van der Waals surface area contributed by atoms with Crippen LogP contribution in [0, 0.1) is 11.3 Å². The van der Waals surface area contributed by atoms with Gasteiger partial charge >= 0.3 is 0 Å². The second-order valence-electron chi connectivity index (χ2n) is 3.52. The fraction of sp³-hybridized carbons (Fsp3) is 0. The summed E-state index contributed by atoms with van der Waals surface area (Å²) in [6.07, 6.45) is 1.76. The molecule has 3 rings (SSSR count). The number of rotatable bonds is 0. The third kappa shape index (κ3) is 1.04. The SMILES string of the molecule is N#Cc1c[nH]c2c1ccc1ccccc12. The monoisotopic (exact) mass is 192 g/mol. The Hall–Kier alpha value is -2.27. The van der Waals surface area contributed by atoms with E-state index in [0.29, 0.717) is 5.56 Å². The van der Waals surface area contributed by atoms with E-state index < -0.39 is 0 Å². The summed E-state index contributed by atoms with van der Waals surface area (Å²) in [5.74, 6) is 0. The van der Waals surface area contributed by atoms with Crippen molar-refractivity contribution in [1.82, 2.24) is 4.98 Å². The average molecular weight is 192 g/mol. The highest BCUT2D eigenvalue weighted by molar-refractivity contribution is 6.07. The molecule has 0 amide bonds. The van der Waals surface area contributed by atoms with Gasteiger partial charge in [0.25, 0.3) is 0 Å². The molecule has 15 heavy (non-hydrogen) atoms. The van der Waals surface area contributed by atoms with Crippen molar-refractivity contribution in [1.29, 1.82) is 5.26 Å². The lowest BCUT2D eigenvalue weighted by molar-refractivity contribution is 1.45. The summed E-state index contributed by atoms with van der Waals surface area (Å²) >= 11 is 0. The number of nitrogens with one attached hydrogen (secondary N) is 1. The number of nitriles is 1. The third-order valence-electron chi connectivity index (χ3n) is 2.70. The van der Waals surface area contributed by atoms with Gasteiger partial charge in [-0.1, -0.05) is 36.4 Å². The lowest BCUT2D eigenvalue weighted by Gasteiger charge is -1.98. The van der Waals surface area contributed by atoms with Crippen LogP contribution >= 0.6 is 0 Å². The predicted molar refractivity (Wildman–Crippen MR) is 60.5 cm³/mol. The molecule has 70 valence electrons. The summed E-state index contributed by atoms with van der Waals surface area (Å²) in [4.78, 5) is 3.16. The van der Waals surface area contributed by atoms with Crippen LogP contribution in [0.2, 0.25) is 0 Å². The molecule has 0 unspecified atom stereocenters. The van der Waals surface area contributed by atoms with E-state index >= 15 is 0 Å². The molecular weight excluding hydrogens is 184 g/mol. The molecule has 0 saturated carbocycles. The maximum absolute atomic E-state index is 8.93. The molecule has 1 heterocycles. The van der Waals surface area contributed by atoms with Crippen molar-refractivity contribution >= 4 is 21.7 Å². The zero-order valence-corrected chi connectivity index (χ0v) is 7.99. The molecule has 3 aromatic rings. The van der Waals surface area contributed by atoms with Gasteiger partial charge in [-0.25, -0.2) is 0 Å². The van der Waals surface area contributed by atoms with E-state index in [9.17, 15) is 0 Å². The number of benzene rings is 2. The van der Waals surface area contributed by atoms with Gasteiger partial charge in [0.05, 0.1) is 11.1 Å². The van der Waals surface area contributed by atoms with Gasteiger partial charge < -0.3 is 4.98 Å². The van der Waals surface area contributed by atoms with Gasteiger partial charge in [0.2, 0.25) is 0 Å². The fourth-order valence-corrected chi connectivity index (χ4v) is 1.97. The van der Waals surface area contributed by atoms with Crippen molar-refractivity contribution < 1.29 is 0 Å². The highest BCUT2D eigenvalue weighted by Crippen LogP contribution is 2.26. The smallest absolute Gasteiger partial charge is 0.101 e. The molecule has 2 aromatic carbocycles. The number of nitrogens with zero attached hydrogens (tertiary/aromatic N) is 1. The molecule has 0 fully saturated rings. The maximum atomic E-state index is 8.93. The second-order valence-corrected chi connectivity index (χ2v) is 3.52. The molecule has 0 aliphatic carbocycles. The Bertz CT molecular complexity index is 686. The number of aromatic nitrogens is 1. The molecule has 2 nitrogen and oxygen atoms in total. The van der Waals surface area contributed by atoms with Crippen molar-refractivity contribution in [3.05, 3.63) is 48.2 Å². The number of H-pyrrole nitrogens is 1. The zero-order valence-electron chi connectivity index (χ0n) is 7.99. The lowest BCUT2D eigenvalue weighted by atomic mass is 10.1. The molecule has 0 radical (unpaired) electrons. The fourth-order valence-electron chi connectivity index (χ4n) is 1.97. The van der Waals surface area contributed by atoms with E-state index in [1.807, 2.05) is 24.3 Å². The molecule has 0 atom stereocenters. The molecular formula is C13H8N2. The first-order chi connectivity index (χ1) is 7.40.